The van der Waals surface area contributed by atoms with Crippen molar-refractivity contribution in [3.63, 3.8) is 0 Å². The van der Waals surface area contributed by atoms with E-state index in [1.54, 1.807) is 0 Å². The summed E-state index contributed by atoms with van der Waals surface area (Å²) in [6, 6.07) is 44.6. The molecule has 4 aliphatic heterocycles. The molecule has 4 aliphatic rings. The van der Waals surface area contributed by atoms with E-state index in [-0.39, 0.29) is 0 Å². The van der Waals surface area contributed by atoms with Gasteiger partial charge in [-0.25, -0.2) is 0 Å². The van der Waals surface area contributed by atoms with E-state index in [0.29, 0.717) is 0 Å². The van der Waals surface area contributed by atoms with E-state index in [9.17, 15) is 0 Å². The average molecular weight is 499 g/mol. The second-order valence-corrected chi connectivity index (χ2v) is 10.4. The maximum atomic E-state index is 2.52. The van der Waals surface area contributed by atoms with Gasteiger partial charge in [0, 0.05) is 36.4 Å². The van der Waals surface area contributed by atoms with E-state index in [4.69, 9.17) is 0 Å². The number of benzene rings is 3. The van der Waals surface area contributed by atoms with Crippen molar-refractivity contribution in [2.24, 2.45) is 0 Å². The Morgan fingerprint density at radius 2 is 0.949 bits per heavy atom. The van der Waals surface area contributed by atoms with Gasteiger partial charge < -0.3 is 0 Å². The van der Waals surface area contributed by atoms with Crippen LogP contribution in [0, 0.1) is 0 Å². The third-order valence-electron chi connectivity index (χ3n) is 8.44. The second kappa shape index (κ2) is 7.68. The third kappa shape index (κ3) is 2.74. The number of nitrogens with zero attached hydrogens (tertiary/aromatic N) is 3. The summed E-state index contributed by atoms with van der Waals surface area (Å²) >= 11 is 0. The largest absolute Gasteiger partial charge is 0.287 e. The number of aromatic nitrogens is 3. The first-order valence-corrected chi connectivity index (χ1v) is 13.5. The van der Waals surface area contributed by atoms with Crippen molar-refractivity contribution in [3.8, 4) is 50.7 Å². The van der Waals surface area contributed by atoms with E-state index in [1.165, 1.54) is 73.2 Å². The zero-order chi connectivity index (χ0) is 25.5. The van der Waals surface area contributed by atoms with Crippen LogP contribution in [0.3, 0.4) is 0 Å². The van der Waals surface area contributed by atoms with Gasteiger partial charge >= 0.3 is 0 Å². The lowest BCUT2D eigenvalue weighted by molar-refractivity contribution is -0.598. The smallest absolute Gasteiger partial charge is 0.157 e. The summed E-state index contributed by atoms with van der Waals surface area (Å²) in [5, 5.41) is 0. The molecule has 8 bridgehead atoms. The first-order valence-electron chi connectivity index (χ1n) is 13.5. The predicted molar refractivity (Wildman–Crippen MR) is 152 cm³/mol. The SMILES string of the molecule is c1ccc2c(c1)CC1=C3c4ccccc4-c4cccc-2[n+]4-c2c(cccc2-c2cccc[n+]23)-c2cccc[n+]21. The first kappa shape index (κ1) is 20.9. The van der Waals surface area contributed by atoms with Crippen LogP contribution in [0.15, 0.2) is 134 Å². The minimum absolute atomic E-state index is 0.790. The molecule has 3 aromatic carbocycles. The normalized spacial score (nSPS) is 13.4. The molecule has 0 fully saturated rings. The van der Waals surface area contributed by atoms with Gasteiger partial charge in [0.15, 0.2) is 12.4 Å². The molecule has 10 rings (SSSR count). The highest BCUT2D eigenvalue weighted by Crippen LogP contribution is 2.41. The van der Waals surface area contributed by atoms with Crippen molar-refractivity contribution in [1.82, 2.24) is 0 Å². The molecule has 0 amide bonds. The van der Waals surface area contributed by atoms with Crippen molar-refractivity contribution in [1.29, 1.82) is 0 Å². The molecule has 0 spiro atoms. The summed E-state index contributed by atoms with van der Waals surface area (Å²) in [6.07, 6.45) is 5.26. The van der Waals surface area contributed by atoms with Crippen LogP contribution in [0.5, 0.6) is 0 Å². The highest BCUT2D eigenvalue weighted by atomic mass is 15.1. The van der Waals surface area contributed by atoms with E-state index in [2.05, 4.69) is 147 Å². The highest BCUT2D eigenvalue weighted by Gasteiger charge is 2.44. The van der Waals surface area contributed by atoms with E-state index in [0.717, 1.165) is 6.42 Å². The van der Waals surface area contributed by atoms with Crippen LogP contribution in [-0.2, 0) is 6.42 Å². The molecule has 39 heavy (non-hydrogen) atoms. The van der Waals surface area contributed by atoms with Gasteiger partial charge in [0.25, 0.3) is 11.4 Å². The Morgan fingerprint density at radius 3 is 1.74 bits per heavy atom. The fourth-order valence-corrected chi connectivity index (χ4v) is 6.85. The molecule has 0 saturated heterocycles. The van der Waals surface area contributed by atoms with Gasteiger partial charge in [0.05, 0.1) is 23.1 Å². The molecule has 3 nitrogen and oxygen atoms in total. The minimum Gasteiger partial charge on any atom is -0.157 e. The molecule has 3 heteroatoms. The Morgan fingerprint density at radius 1 is 0.410 bits per heavy atom. The van der Waals surface area contributed by atoms with Gasteiger partial charge in [-0.05, 0) is 54.1 Å². The standard InChI is InChI=1S/C36H24N3/c1-2-12-25-24(11-1)23-34-36-27-14-4-3-13-26(27)33-20-10-19-32(25)39(33)35-28(30-17-5-7-21-37(30)34)15-9-16-29(35)31-18-6-8-22-38(31)36/h1-22H,23H2/q+3. The summed E-state index contributed by atoms with van der Waals surface area (Å²) in [5.41, 5.74) is 16.0. The van der Waals surface area contributed by atoms with Gasteiger partial charge in [0.2, 0.25) is 28.5 Å². The van der Waals surface area contributed by atoms with Gasteiger partial charge in [-0.15, -0.1) is 0 Å². The lowest BCUT2D eigenvalue weighted by Crippen LogP contribution is -2.44. The van der Waals surface area contributed by atoms with E-state index in [1.807, 2.05) is 0 Å². The van der Waals surface area contributed by atoms with Crippen LogP contribution < -0.4 is 13.7 Å². The fraction of sp³-hybridized carbons (Fsp3) is 0.0278. The van der Waals surface area contributed by atoms with Gasteiger partial charge in [-0.2, -0.15) is 13.7 Å². The molecule has 180 valence electrons. The molecule has 3 aromatic heterocycles. The number of rotatable bonds is 0. The van der Waals surface area contributed by atoms with Crippen LogP contribution in [-0.4, -0.2) is 0 Å². The molecule has 6 aromatic rings. The van der Waals surface area contributed by atoms with E-state index < -0.39 is 0 Å². The lowest BCUT2D eigenvalue weighted by atomic mass is 9.91. The van der Waals surface area contributed by atoms with Crippen molar-refractivity contribution in [3.05, 3.63) is 145 Å². The van der Waals surface area contributed by atoms with Crippen LogP contribution in [0.25, 0.3) is 62.1 Å². The minimum atomic E-state index is 0.790. The molecule has 0 N–H and O–H groups in total. The van der Waals surface area contributed by atoms with Gasteiger partial charge in [-0.3, -0.25) is 0 Å². The summed E-state index contributed by atoms with van der Waals surface area (Å²) in [4.78, 5) is 0. The molecule has 0 saturated carbocycles. The van der Waals surface area contributed by atoms with Crippen LogP contribution >= 0.6 is 0 Å². The fourth-order valence-electron chi connectivity index (χ4n) is 6.85. The van der Waals surface area contributed by atoms with Crippen molar-refractivity contribution in [2.45, 2.75) is 6.42 Å². The third-order valence-corrected chi connectivity index (χ3v) is 8.44. The molecule has 0 aliphatic carbocycles. The lowest BCUT2D eigenvalue weighted by Gasteiger charge is -2.19. The molecule has 0 radical (unpaired) electrons. The first-order chi connectivity index (χ1) is 19.4. The Balaban J connectivity index is 1.70. The van der Waals surface area contributed by atoms with Crippen molar-refractivity contribution in [2.75, 3.05) is 0 Å². The summed E-state index contributed by atoms with van der Waals surface area (Å²) in [6.45, 7) is 0. The number of para-hydroxylation sites is 1. The Labute approximate surface area is 226 Å². The number of hydrogen-bond acceptors (Lipinski definition) is 0. The molecule has 0 unspecified atom stereocenters. The molecule has 7 heterocycles. The van der Waals surface area contributed by atoms with E-state index >= 15 is 0 Å². The number of allylic oxidation sites excluding steroid dienone is 1. The quantitative estimate of drug-likeness (QED) is 0.219. The van der Waals surface area contributed by atoms with Crippen molar-refractivity contribution >= 4 is 11.4 Å². The van der Waals surface area contributed by atoms with Crippen molar-refractivity contribution < 1.29 is 13.7 Å². The summed E-state index contributed by atoms with van der Waals surface area (Å²) in [5.74, 6) is 0. The van der Waals surface area contributed by atoms with Crippen LogP contribution in [0.1, 0.15) is 11.1 Å². The zero-order valence-corrected chi connectivity index (χ0v) is 21.3. The summed E-state index contributed by atoms with van der Waals surface area (Å²) in [7, 11) is 0. The highest BCUT2D eigenvalue weighted by molar-refractivity contribution is 5.89. The molecular weight excluding hydrogens is 474 g/mol. The summed E-state index contributed by atoms with van der Waals surface area (Å²) < 4.78 is 7.38. The average Bonchev–Trinajstić information content (AvgIpc) is 3.04. The number of pyridine rings is 3. The topological polar surface area (TPSA) is 11.6 Å². The molecule has 0 atom stereocenters. The maximum absolute atomic E-state index is 2.52. The monoisotopic (exact) mass is 498 g/mol. The number of hydrogen-bond donors (Lipinski definition) is 0. The maximum Gasteiger partial charge on any atom is 0.287 e. The van der Waals surface area contributed by atoms with Crippen LogP contribution in [0.2, 0.25) is 0 Å². The predicted octanol–water partition coefficient (Wildman–Crippen LogP) is 6.26. The Hall–Kier alpha value is -5.15. The van der Waals surface area contributed by atoms with Crippen LogP contribution in [0.4, 0.5) is 0 Å². The Kier molecular flexibility index (Phi) is 4.11. The zero-order valence-electron chi connectivity index (χ0n) is 21.3. The van der Waals surface area contributed by atoms with Gasteiger partial charge in [-0.1, -0.05) is 36.4 Å². The second-order valence-electron chi connectivity index (χ2n) is 10.4. The van der Waals surface area contributed by atoms with Gasteiger partial charge in [0.1, 0.15) is 11.1 Å². The molecular formula is C36H24N3+3. The Bertz CT molecular complexity index is 2050.